The minimum absolute atomic E-state index is 0.108. The van der Waals surface area contributed by atoms with Gasteiger partial charge in [0, 0.05) is 24.2 Å². The molecule has 0 aliphatic rings. The smallest absolute Gasteiger partial charge is 0.416 e. The van der Waals surface area contributed by atoms with Crippen molar-refractivity contribution in [1.82, 2.24) is 10.6 Å². The van der Waals surface area contributed by atoms with Crippen molar-refractivity contribution < 1.29 is 27.5 Å². The molecule has 26 heavy (non-hydrogen) atoms. The Bertz CT molecular complexity index is 774. The second-order valence-corrected chi connectivity index (χ2v) is 5.32. The number of amides is 2. The van der Waals surface area contributed by atoms with E-state index < -0.39 is 17.6 Å². The molecule has 0 atom stereocenters. The first kappa shape index (κ1) is 19.3. The first-order valence-corrected chi connectivity index (χ1v) is 7.69. The number of hydrogen-bond acceptors (Lipinski definition) is 3. The number of methoxy groups -OCH3 is 1. The van der Waals surface area contributed by atoms with Crippen LogP contribution in [0.1, 0.15) is 26.3 Å². The van der Waals surface area contributed by atoms with Gasteiger partial charge < -0.3 is 15.4 Å². The van der Waals surface area contributed by atoms with Crippen molar-refractivity contribution >= 4 is 11.8 Å². The summed E-state index contributed by atoms with van der Waals surface area (Å²) in [6.45, 7) is 0.304. The Morgan fingerprint density at radius 1 is 0.923 bits per heavy atom. The van der Waals surface area contributed by atoms with Gasteiger partial charge in [-0.25, -0.2) is 0 Å². The SMILES string of the molecule is COc1cccc(C(=O)NCCNC(=O)c2ccc(C(F)(F)F)cc2)c1. The molecule has 0 aliphatic carbocycles. The predicted molar refractivity (Wildman–Crippen MR) is 89.1 cm³/mol. The molecule has 0 heterocycles. The van der Waals surface area contributed by atoms with Crippen molar-refractivity contribution in [3.05, 3.63) is 65.2 Å². The Balaban J connectivity index is 1.80. The normalized spacial score (nSPS) is 10.9. The van der Waals surface area contributed by atoms with Crippen LogP contribution in [-0.2, 0) is 6.18 Å². The van der Waals surface area contributed by atoms with Gasteiger partial charge in [-0.15, -0.1) is 0 Å². The second kappa shape index (κ2) is 8.37. The van der Waals surface area contributed by atoms with Crippen LogP contribution in [0, 0.1) is 0 Å². The topological polar surface area (TPSA) is 67.4 Å². The zero-order valence-electron chi connectivity index (χ0n) is 13.9. The molecule has 2 N–H and O–H groups in total. The third kappa shape index (κ3) is 5.23. The van der Waals surface area contributed by atoms with E-state index in [9.17, 15) is 22.8 Å². The molecule has 0 bridgehead atoms. The Morgan fingerprint density at radius 2 is 1.50 bits per heavy atom. The zero-order valence-corrected chi connectivity index (χ0v) is 13.9. The standard InChI is InChI=1S/C18H17F3N2O3/c1-26-15-4-2-3-13(11-15)17(25)23-10-9-22-16(24)12-5-7-14(8-6-12)18(19,20)21/h2-8,11H,9-10H2,1H3,(H,22,24)(H,23,25). The number of benzene rings is 2. The number of hydrogen-bond donors (Lipinski definition) is 2. The summed E-state index contributed by atoms with van der Waals surface area (Å²) >= 11 is 0. The van der Waals surface area contributed by atoms with Gasteiger partial charge in [-0.2, -0.15) is 13.2 Å². The van der Waals surface area contributed by atoms with E-state index in [2.05, 4.69) is 10.6 Å². The van der Waals surface area contributed by atoms with E-state index >= 15 is 0 Å². The first-order valence-electron chi connectivity index (χ1n) is 7.69. The first-order chi connectivity index (χ1) is 12.3. The maximum Gasteiger partial charge on any atom is 0.416 e. The summed E-state index contributed by atoms with van der Waals surface area (Å²) < 4.78 is 42.5. The highest BCUT2D eigenvalue weighted by Crippen LogP contribution is 2.29. The molecule has 5 nitrogen and oxygen atoms in total. The summed E-state index contributed by atoms with van der Waals surface area (Å²) in [5.41, 5.74) is -0.296. The predicted octanol–water partition coefficient (Wildman–Crippen LogP) is 2.87. The zero-order chi connectivity index (χ0) is 19.2. The van der Waals surface area contributed by atoms with Crippen molar-refractivity contribution in [2.75, 3.05) is 20.2 Å². The Labute approximate surface area is 148 Å². The fourth-order valence-corrected chi connectivity index (χ4v) is 2.13. The molecule has 2 rings (SSSR count). The Morgan fingerprint density at radius 3 is 2.04 bits per heavy atom. The van der Waals surface area contributed by atoms with Crippen LogP contribution in [0.4, 0.5) is 13.2 Å². The maximum atomic E-state index is 12.5. The quantitative estimate of drug-likeness (QED) is 0.773. The van der Waals surface area contributed by atoms with Crippen LogP contribution in [0.25, 0.3) is 0 Å². The molecule has 2 aromatic carbocycles. The highest BCUT2D eigenvalue weighted by Gasteiger charge is 2.30. The molecule has 0 radical (unpaired) electrons. The molecular weight excluding hydrogens is 349 g/mol. The minimum atomic E-state index is -4.45. The summed E-state index contributed by atoms with van der Waals surface area (Å²) in [5.74, 6) is -0.296. The van der Waals surface area contributed by atoms with Gasteiger partial charge in [0.1, 0.15) is 5.75 Å². The number of carbonyl (C=O) groups excluding carboxylic acids is 2. The molecule has 0 unspecified atom stereocenters. The molecule has 2 aromatic rings. The van der Waals surface area contributed by atoms with Crippen LogP contribution in [0.5, 0.6) is 5.75 Å². The van der Waals surface area contributed by atoms with Gasteiger partial charge in [0.2, 0.25) is 0 Å². The number of alkyl halides is 3. The summed E-state index contributed by atoms with van der Waals surface area (Å²) in [7, 11) is 1.49. The van der Waals surface area contributed by atoms with Crippen LogP contribution < -0.4 is 15.4 Å². The van der Waals surface area contributed by atoms with Gasteiger partial charge in [0.15, 0.2) is 0 Å². The molecule has 8 heteroatoms. The van der Waals surface area contributed by atoms with E-state index in [-0.39, 0.29) is 24.6 Å². The summed E-state index contributed by atoms with van der Waals surface area (Å²) in [4.78, 5) is 23.9. The Hall–Kier alpha value is -3.03. The van der Waals surface area contributed by atoms with E-state index in [0.717, 1.165) is 24.3 Å². The van der Waals surface area contributed by atoms with Gasteiger partial charge in [-0.05, 0) is 42.5 Å². The van der Waals surface area contributed by atoms with Crippen molar-refractivity contribution in [1.29, 1.82) is 0 Å². The van der Waals surface area contributed by atoms with Gasteiger partial charge in [-0.3, -0.25) is 9.59 Å². The van der Waals surface area contributed by atoms with Crippen molar-refractivity contribution in [3.8, 4) is 5.75 Å². The van der Waals surface area contributed by atoms with Gasteiger partial charge in [0.05, 0.1) is 12.7 Å². The largest absolute Gasteiger partial charge is 0.497 e. The van der Waals surface area contributed by atoms with Crippen LogP contribution in [0.3, 0.4) is 0 Å². The molecule has 138 valence electrons. The Kier molecular flexibility index (Phi) is 6.21. The number of rotatable bonds is 6. The molecule has 0 saturated heterocycles. The van der Waals surface area contributed by atoms with Crippen LogP contribution in [0.15, 0.2) is 48.5 Å². The molecule has 0 spiro atoms. The highest BCUT2D eigenvalue weighted by atomic mass is 19.4. The lowest BCUT2D eigenvalue weighted by Crippen LogP contribution is -2.34. The van der Waals surface area contributed by atoms with E-state index in [1.165, 1.54) is 7.11 Å². The average Bonchev–Trinajstić information content (AvgIpc) is 2.64. The molecule has 0 fully saturated rings. The lowest BCUT2D eigenvalue weighted by atomic mass is 10.1. The van der Waals surface area contributed by atoms with Gasteiger partial charge in [0.25, 0.3) is 11.8 Å². The third-order valence-electron chi connectivity index (χ3n) is 3.50. The average molecular weight is 366 g/mol. The van der Waals surface area contributed by atoms with E-state index in [4.69, 9.17) is 4.74 Å². The second-order valence-electron chi connectivity index (χ2n) is 5.32. The van der Waals surface area contributed by atoms with Crippen LogP contribution >= 0.6 is 0 Å². The minimum Gasteiger partial charge on any atom is -0.497 e. The van der Waals surface area contributed by atoms with Gasteiger partial charge in [-0.1, -0.05) is 6.07 Å². The maximum absolute atomic E-state index is 12.5. The van der Waals surface area contributed by atoms with E-state index in [0.29, 0.717) is 11.3 Å². The number of nitrogens with one attached hydrogen (secondary N) is 2. The van der Waals surface area contributed by atoms with Crippen LogP contribution in [0.2, 0.25) is 0 Å². The monoisotopic (exact) mass is 366 g/mol. The van der Waals surface area contributed by atoms with Crippen LogP contribution in [-0.4, -0.2) is 32.0 Å². The summed E-state index contributed by atoms with van der Waals surface area (Å²) in [5, 5.41) is 5.16. The fourth-order valence-electron chi connectivity index (χ4n) is 2.13. The lowest BCUT2D eigenvalue weighted by molar-refractivity contribution is -0.137. The molecule has 0 aromatic heterocycles. The van der Waals surface area contributed by atoms with Crippen molar-refractivity contribution in [3.63, 3.8) is 0 Å². The van der Waals surface area contributed by atoms with Crippen molar-refractivity contribution in [2.24, 2.45) is 0 Å². The summed E-state index contributed by atoms with van der Waals surface area (Å²) in [6.07, 6.45) is -4.45. The molecule has 2 amide bonds. The number of ether oxygens (including phenoxy) is 1. The van der Waals surface area contributed by atoms with Crippen molar-refractivity contribution in [2.45, 2.75) is 6.18 Å². The third-order valence-corrected chi connectivity index (χ3v) is 3.50. The summed E-state index contributed by atoms with van der Waals surface area (Å²) in [6, 6.07) is 10.5. The number of carbonyl (C=O) groups is 2. The van der Waals surface area contributed by atoms with E-state index in [1.54, 1.807) is 24.3 Å². The molecule has 0 aliphatic heterocycles. The van der Waals surface area contributed by atoms with E-state index in [1.807, 2.05) is 0 Å². The number of halogens is 3. The highest BCUT2D eigenvalue weighted by molar-refractivity contribution is 5.95. The fraction of sp³-hybridized carbons (Fsp3) is 0.222. The lowest BCUT2D eigenvalue weighted by Gasteiger charge is -2.09. The van der Waals surface area contributed by atoms with Gasteiger partial charge >= 0.3 is 6.18 Å². The molecule has 0 saturated carbocycles. The molecular formula is C18H17F3N2O3.